The molecule has 0 unspecified atom stereocenters. The van der Waals surface area contributed by atoms with Crippen molar-refractivity contribution in [2.24, 2.45) is 5.73 Å². The van der Waals surface area contributed by atoms with E-state index in [9.17, 15) is 0 Å². The molecule has 0 aliphatic rings. The molecule has 0 rings (SSSR count). The fourth-order valence-electron chi connectivity index (χ4n) is 0. The van der Waals surface area contributed by atoms with Gasteiger partial charge in [0.15, 0.2) is 0 Å². The Morgan fingerprint density at radius 2 is 1.17 bits per heavy atom. The molecule has 0 aromatic heterocycles. The molecule has 1 nitrogen and oxygen atoms in total. The van der Waals surface area contributed by atoms with E-state index >= 15 is 0 Å². The van der Waals surface area contributed by atoms with Gasteiger partial charge in [-0.25, -0.2) is 0 Å². The number of hydrogen-bond acceptors (Lipinski definition) is 1. The fraction of sp³-hybridized carbons (Fsp3) is 1.00. The summed E-state index contributed by atoms with van der Waals surface area (Å²) in [4.78, 5) is 0. The zero-order valence-corrected chi connectivity index (χ0v) is 13.9. The first-order valence-electron chi connectivity index (χ1n) is 0.577. The molecule has 44 valence electrons. The Morgan fingerprint density at radius 1 is 1.17 bits per heavy atom. The molecule has 2 radical (unpaired) electrons. The third kappa shape index (κ3) is 32.6. The summed E-state index contributed by atoms with van der Waals surface area (Å²) in [7, 11) is 1.50. The SMILES string of the molecule is Br.CN.Cl.I.[PbH2]. The molecule has 0 saturated heterocycles. The molecule has 2 N–H and O–H groups in total. The first kappa shape index (κ1) is 39.9. The summed E-state index contributed by atoms with van der Waals surface area (Å²) in [5.41, 5.74) is 4.50. The Balaban J connectivity index is -0.000000000833. The van der Waals surface area contributed by atoms with Gasteiger partial charge < -0.3 is 5.73 Å². The third-order valence-electron chi connectivity index (χ3n) is 0. The van der Waals surface area contributed by atoms with E-state index in [2.05, 4.69) is 5.73 Å². The Kier molecular flexibility index (Phi) is 353. The minimum atomic E-state index is 0. The van der Waals surface area contributed by atoms with Crippen LogP contribution in [-0.4, -0.2) is 34.3 Å². The molecule has 0 aromatic carbocycles. The molecular weight excluding hydrogens is 475 g/mol. The van der Waals surface area contributed by atoms with Crippen LogP contribution in [0.15, 0.2) is 0 Å². The summed E-state index contributed by atoms with van der Waals surface area (Å²) >= 11 is 0. The van der Waals surface area contributed by atoms with Crippen LogP contribution in [0.3, 0.4) is 0 Å². The van der Waals surface area contributed by atoms with Crippen molar-refractivity contribution in [2.75, 3.05) is 7.05 Å². The van der Waals surface area contributed by atoms with Gasteiger partial charge in [-0.2, -0.15) is 0 Å². The first-order chi connectivity index (χ1) is 1.00. The van der Waals surface area contributed by atoms with E-state index in [1.807, 2.05) is 0 Å². The van der Waals surface area contributed by atoms with Crippen LogP contribution in [0.1, 0.15) is 0 Å². The summed E-state index contributed by atoms with van der Waals surface area (Å²) in [6.07, 6.45) is 0. The molecule has 0 saturated carbocycles. The zero-order chi connectivity index (χ0) is 2.00. The molecule has 0 atom stereocenters. The number of halogens is 3. The second kappa shape index (κ2) is 53.0. The predicted molar refractivity (Wildman–Crippen MR) is 51.6 cm³/mol. The molecule has 0 aliphatic heterocycles. The second-order valence-corrected chi connectivity index (χ2v) is 0. The Bertz CT molecular complexity index is 15.5. The van der Waals surface area contributed by atoms with Crippen LogP contribution in [0.25, 0.3) is 0 Å². The van der Waals surface area contributed by atoms with Crippen LogP contribution in [0, 0.1) is 0 Å². The summed E-state index contributed by atoms with van der Waals surface area (Å²) < 4.78 is 0. The second-order valence-electron chi connectivity index (χ2n) is 0. The Hall–Kier alpha value is 2.38. The fourth-order valence-corrected chi connectivity index (χ4v) is 0. The van der Waals surface area contributed by atoms with Crippen molar-refractivity contribution >= 4 is 80.7 Å². The van der Waals surface area contributed by atoms with Crippen LogP contribution >= 0.6 is 53.4 Å². The summed E-state index contributed by atoms with van der Waals surface area (Å²) in [5.74, 6) is 0. The summed E-state index contributed by atoms with van der Waals surface area (Å²) in [5, 5.41) is 0. The van der Waals surface area contributed by atoms with Crippen molar-refractivity contribution in [1.29, 1.82) is 0 Å². The van der Waals surface area contributed by atoms with Gasteiger partial charge in [0.1, 0.15) is 0 Å². The average molecular weight is 486 g/mol. The standard InChI is InChI=1S/CH5N.BrH.ClH.HI.Pb.2H/c1-2;;;;;;/h2H2,1H3;3*1H;;;. The topological polar surface area (TPSA) is 26.0 Å². The number of hydrogen-bond donors (Lipinski definition) is 1. The van der Waals surface area contributed by atoms with Crippen LogP contribution < -0.4 is 5.73 Å². The van der Waals surface area contributed by atoms with Gasteiger partial charge in [0.25, 0.3) is 0 Å². The Morgan fingerprint density at radius 3 is 1.17 bits per heavy atom. The van der Waals surface area contributed by atoms with Crippen molar-refractivity contribution in [2.45, 2.75) is 0 Å². The van der Waals surface area contributed by atoms with Gasteiger partial charge in [-0.1, -0.05) is 0 Å². The van der Waals surface area contributed by atoms with Crippen molar-refractivity contribution in [3.8, 4) is 0 Å². The van der Waals surface area contributed by atoms with Gasteiger partial charge in [-0.15, -0.1) is 53.4 Å². The van der Waals surface area contributed by atoms with E-state index in [0.717, 1.165) is 0 Å². The summed E-state index contributed by atoms with van der Waals surface area (Å²) in [6, 6.07) is 0. The molecular formula is CH10BrClINPb. The predicted octanol–water partition coefficient (Wildman–Crippen LogP) is 0.276. The van der Waals surface area contributed by atoms with Crippen LogP contribution in [0.2, 0.25) is 0 Å². The molecule has 0 fully saturated rings. The molecule has 0 aromatic rings. The normalized spacial score (nSPS) is 1.00. The van der Waals surface area contributed by atoms with Gasteiger partial charge in [0.05, 0.1) is 0 Å². The first-order valence-corrected chi connectivity index (χ1v) is 0.577. The molecule has 0 bridgehead atoms. The summed E-state index contributed by atoms with van der Waals surface area (Å²) in [6.45, 7) is 0. The van der Waals surface area contributed by atoms with Gasteiger partial charge in [0.2, 0.25) is 0 Å². The van der Waals surface area contributed by atoms with Gasteiger partial charge in [-0.3, -0.25) is 0 Å². The quantitative estimate of drug-likeness (QED) is 0.387. The van der Waals surface area contributed by atoms with Gasteiger partial charge in [-0.05, 0) is 7.05 Å². The van der Waals surface area contributed by atoms with Crippen molar-refractivity contribution in [3.05, 3.63) is 0 Å². The molecule has 0 amide bonds. The van der Waals surface area contributed by atoms with Crippen LogP contribution in [-0.2, 0) is 0 Å². The van der Waals surface area contributed by atoms with E-state index in [1.54, 1.807) is 0 Å². The molecule has 6 heavy (non-hydrogen) atoms. The van der Waals surface area contributed by atoms with E-state index in [0.29, 0.717) is 0 Å². The minimum absolute atomic E-state index is 0. The molecule has 0 heterocycles. The van der Waals surface area contributed by atoms with Crippen molar-refractivity contribution in [3.63, 3.8) is 0 Å². The maximum absolute atomic E-state index is 4.50. The van der Waals surface area contributed by atoms with Crippen LogP contribution in [0.5, 0.6) is 0 Å². The Labute approximate surface area is 92.2 Å². The van der Waals surface area contributed by atoms with E-state index in [1.165, 1.54) is 7.05 Å². The van der Waals surface area contributed by atoms with Gasteiger partial charge >= 0.3 is 27.3 Å². The zero-order valence-electron chi connectivity index (χ0n) is 3.51. The molecule has 5 heteroatoms. The van der Waals surface area contributed by atoms with E-state index < -0.39 is 0 Å². The van der Waals surface area contributed by atoms with Crippen molar-refractivity contribution < 1.29 is 0 Å². The monoisotopic (exact) mass is 485 g/mol. The van der Waals surface area contributed by atoms with E-state index in [-0.39, 0.29) is 80.7 Å². The van der Waals surface area contributed by atoms with Gasteiger partial charge in [0, 0.05) is 0 Å². The molecule has 0 spiro atoms. The van der Waals surface area contributed by atoms with Crippen molar-refractivity contribution in [1.82, 2.24) is 0 Å². The average Bonchev–Trinajstić information content (AvgIpc) is 1.00. The van der Waals surface area contributed by atoms with Crippen LogP contribution in [0.4, 0.5) is 0 Å². The number of rotatable bonds is 0. The third-order valence-corrected chi connectivity index (χ3v) is 0. The molecule has 0 aliphatic carbocycles. The maximum atomic E-state index is 4.50. The van der Waals surface area contributed by atoms with E-state index in [4.69, 9.17) is 0 Å². The number of nitrogens with two attached hydrogens (primary N) is 1.